The Labute approximate surface area is 192 Å². The largest absolute Gasteiger partial charge is 0.355 e. The van der Waals surface area contributed by atoms with Crippen LogP contribution in [0.25, 0.3) is 0 Å². The van der Waals surface area contributed by atoms with Crippen molar-refractivity contribution in [2.45, 2.75) is 13.0 Å². The lowest BCUT2D eigenvalue weighted by atomic mass is 10.2. The van der Waals surface area contributed by atoms with E-state index in [1.165, 1.54) is 23.8 Å². The van der Waals surface area contributed by atoms with Crippen LogP contribution in [0.15, 0.2) is 48.5 Å². The summed E-state index contributed by atoms with van der Waals surface area (Å²) < 4.78 is 0. The number of carbonyl (C=O) groups excluding carboxylic acids is 3. The Balaban J connectivity index is 1.57. The Morgan fingerprint density at radius 3 is 2.29 bits per heavy atom. The topological polar surface area (TPSA) is 90.5 Å². The van der Waals surface area contributed by atoms with Gasteiger partial charge >= 0.3 is 0 Å². The van der Waals surface area contributed by atoms with Crippen molar-refractivity contribution in [2.24, 2.45) is 0 Å². The number of amides is 3. The Morgan fingerprint density at radius 2 is 1.58 bits per heavy atom. The number of halogens is 2. The predicted molar refractivity (Wildman–Crippen MR) is 122 cm³/mol. The monoisotopic (exact) mass is 464 g/mol. The summed E-state index contributed by atoms with van der Waals surface area (Å²) in [6, 6.07) is 14.6. The van der Waals surface area contributed by atoms with Crippen LogP contribution in [0, 0.1) is 0 Å². The van der Waals surface area contributed by atoms with E-state index in [-0.39, 0.29) is 29.6 Å². The summed E-state index contributed by atoms with van der Waals surface area (Å²) in [4.78, 5) is 38.0. The average molecular weight is 465 g/mol. The highest BCUT2D eigenvalue weighted by Gasteiger charge is 2.12. The van der Waals surface area contributed by atoms with Gasteiger partial charge in [-0.2, -0.15) is 0 Å². The van der Waals surface area contributed by atoms with Crippen LogP contribution in [-0.4, -0.2) is 55.8 Å². The van der Waals surface area contributed by atoms with Gasteiger partial charge in [0.15, 0.2) is 0 Å². The number of carbonyl (C=O) groups is 3. The van der Waals surface area contributed by atoms with Gasteiger partial charge in [-0.1, -0.05) is 53.5 Å². The third kappa shape index (κ3) is 9.38. The molecule has 0 aromatic heterocycles. The second kappa shape index (κ2) is 12.9. The van der Waals surface area contributed by atoms with Crippen molar-refractivity contribution in [1.82, 2.24) is 20.9 Å². The second-order valence-corrected chi connectivity index (χ2v) is 7.85. The van der Waals surface area contributed by atoms with Gasteiger partial charge in [-0.3, -0.25) is 14.4 Å². The number of nitrogens with one attached hydrogen (secondary N) is 3. The van der Waals surface area contributed by atoms with Gasteiger partial charge in [0.25, 0.3) is 5.91 Å². The van der Waals surface area contributed by atoms with E-state index in [1.807, 2.05) is 25.2 Å². The zero-order valence-electron chi connectivity index (χ0n) is 17.3. The smallest absolute Gasteiger partial charge is 0.253 e. The summed E-state index contributed by atoms with van der Waals surface area (Å²) in [5.41, 5.74) is 1.45. The van der Waals surface area contributed by atoms with Crippen LogP contribution in [0.3, 0.4) is 0 Å². The summed E-state index contributed by atoms with van der Waals surface area (Å²) in [7, 11) is 2.03. The minimum absolute atomic E-state index is 0.156. The fourth-order valence-electron chi connectivity index (χ4n) is 2.78. The Bertz CT molecular complexity index is 894. The third-order valence-corrected chi connectivity index (χ3v) is 4.91. The molecule has 31 heavy (non-hydrogen) atoms. The Kier molecular flexibility index (Phi) is 10.3. The molecule has 2 rings (SSSR count). The van der Waals surface area contributed by atoms with Crippen molar-refractivity contribution < 1.29 is 14.4 Å². The van der Waals surface area contributed by atoms with Crippen LogP contribution in [0.4, 0.5) is 0 Å². The summed E-state index contributed by atoms with van der Waals surface area (Å²) in [6.45, 7) is 1.77. The van der Waals surface area contributed by atoms with E-state index in [1.54, 1.807) is 0 Å². The molecule has 0 saturated heterocycles. The van der Waals surface area contributed by atoms with Crippen LogP contribution < -0.4 is 16.0 Å². The van der Waals surface area contributed by atoms with Crippen molar-refractivity contribution in [3.8, 4) is 0 Å². The minimum atomic E-state index is -0.499. The molecule has 0 bridgehead atoms. The highest BCUT2D eigenvalue weighted by atomic mass is 35.5. The Hall–Kier alpha value is -2.61. The van der Waals surface area contributed by atoms with Crippen LogP contribution >= 0.6 is 23.2 Å². The minimum Gasteiger partial charge on any atom is -0.355 e. The van der Waals surface area contributed by atoms with Gasteiger partial charge in [0.2, 0.25) is 11.8 Å². The molecule has 0 aliphatic heterocycles. The van der Waals surface area contributed by atoms with Gasteiger partial charge in [-0.15, -0.1) is 0 Å². The predicted octanol–water partition coefficient (Wildman–Crippen LogP) is 2.48. The van der Waals surface area contributed by atoms with E-state index in [9.17, 15) is 14.4 Å². The molecule has 0 aliphatic carbocycles. The molecular formula is C22H26Cl2N4O3. The van der Waals surface area contributed by atoms with Crippen molar-refractivity contribution in [2.75, 3.05) is 33.2 Å². The van der Waals surface area contributed by atoms with Gasteiger partial charge < -0.3 is 20.9 Å². The average Bonchev–Trinajstić information content (AvgIpc) is 2.74. The standard InChI is InChI=1S/C22H26Cl2N4O3/c1-28(15-16-6-3-2-4-7-16)11-5-10-25-20(29)13-26-21(30)14-27-22(31)18-9-8-17(23)12-19(18)24/h2-4,6-9,12H,5,10-11,13-15H2,1H3,(H,25,29)(H,26,30)(H,27,31). The van der Waals surface area contributed by atoms with Gasteiger partial charge in [-0.05, 0) is 43.8 Å². The first-order valence-corrected chi connectivity index (χ1v) is 10.6. The number of hydrogen-bond donors (Lipinski definition) is 3. The Morgan fingerprint density at radius 1 is 0.903 bits per heavy atom. The first kappa shape index (κ1) is 24.7. The van der Waals surface area contributed by atoms with E-state index in [0.717, 1.165) is 19.5 Å². The fourth-order valence-corrected chi connectivity index (χ4v) is 3.28. The van der Waals surface area contributed by atoms with Crippen LogP contribution in [0.2, 0.25) is 10.0 Å². The van der Waals surface area contributed by atoms with Crippen LogP contribution in [0.5, 0.6) is 0 Å². The normalized spacial score (nSPS) is 10.6. The molecule has 2 aromatic carbocycles. The summed E-state index contributed by atoms with van der Waals surface area (Å²) in [6.07, 6.45) is 0.793. The highest BCUT2D eigenvalue weighted by molar-refractivity contribution is 6.36. The molecule has 0 aliphatic rings. The maximum atomic E-state index is 12.1. The molecule has 3 amide bonds. The fraction of sp³-hybridized carbons (Fsp3) is 0.318. The van der Waals surface area contributed by atoms with Crippen molar-refractivity contribution >= 4 is 40.9 Å². The molecular weight excluding hydrogens is 439 g/mol. The molecule has 7 nitrogen and oxygen atoms in total. The second-order valence-electron chi connectivity index (χ2n) is 7.01. The first-order valence-electron chi connectivity index (χ1n) is 9.84. The van der Waals surface area contributed by atoms with Crippen LogP contribution in [0.1, 0.15) is 22.3 Å². The zero-order valence-corrected chi connectivity index (χ0v) is 18.8. The summed E-state index contributed by atoms with van der Waals surface area (Å²) in [5.74, 6) is -1.26. The lowest BCUT2D eigenvalue weighted by molar-refractivity contribution is -0.125. The first-order chi connectivity index (χ1) is 14.8. The zero-order chi connectivity index (χ0) is 22.6. The maximum absolute atomic E-state index is 12.1. The quantitative estimate of drug-likeness (QED) is 0.445. The molecule has 0 fully saturated rings. The third-order valence-electron chi connectivity index (χ3n) is 4.37. The molecule has 3 N–H and O–H groups in total. The van der Waals surface area contributed by atoms with Gasteiger partial charge in [0.05, 0.1) is 23.7 Å². The molecule has 9 heteroatoms. The lowest BCUT2D eigenvalue weighted by Crippen LogP contribution is -2.42. The highest BCUT2D eigenvalue weighted by Crippen LogP contribution is 2.20. The van der Waals surface area contributed by atoms with E-state index in [0.29, 0.717) is 11.6 Å². The number of rotatable bonds is 11. The van der Waals surface area contributed by atoms with E-state index < -0.39 is 11.8 Å². The lowest BCUT2D eigenvalue weighted by Gasteiger charge is -2.16. The van der Waals surface area contributed by atoms with E-state index >= 15 is 0 Å². The molecule has 0 unspecified atom stereocenters. The van der Waals surface area contributed by atoms with Crippen molar-refractivity contribution in [1.29, 1.82) is 0 Å². The summed E-state index contributed by atoms with van der Waals surface area (Å²) >= 11 is 11.8. The molecule has 2 aromatic rings. The molecule has 0 saturated carbocycles. The molecule has 0 atom stereocenters. The molecule has 0 radical (unpaired) electrons. The van der Waals surface area contributed by atoms with Gasteiger partial charge in [0.1, 0.15) is 0 Å². The number of nitrogens with zero attached hydrogens (tertiary/aromatic N) is 1. The van der Waals surface area contributed by atoms with Gasteiger partial charge in [0, 0.05) is 18.1 Å². The number of benzene rings is 2. The van der Waals surface area contributed by atoms with Crippen molar-refractivity contribution in [3.63, 3.8) is 0 Å². The maximum Gasteiger partial charge on any atom is 0.253 e. The van der Waals surface area contributed by atoms with E-state index in [4.69, 9.17) is 23.2 Å². The molecule has 166 valence electrons. The van der Waals surface area contributed by atoms with Crippen molar-refractivity contribution in [3.05, 3.63) is 69.7 Å². The molecule has 0 heterocycles. The number of hydrogen-bond acceptors (Lipinski definition) is 4. The summed E-state index contributed by atoms with van der Waals surface area (Å²) in [5, 5.41) is 8.28. The van der Waals surface area contributed by atoms with Crippen LogP contribution in [-0.2, 0) is 16.1 Å². The van der Waals surface area contributed by atoms with E-state index in [2.05, 4.69) is 33.0 Å². The SMILES string of the molecule is CN(CCCNC(=O)CNC(=O)CNC(=O)c1ccc(Cl)cc1Cl)Cc1ccccc1. The molecule has 0 spiro atoms. The van der Waals surface area contributed by atoms with Gasteiger partial charge in [-0.25, -0.2) is 0 Å².